The third-order valence-corrected chi connectivity index (χ3v) is 6.07. The van der Waals surface area contributed by atoms with Gasteiger partial charge in [-0.1, -0.05) is 32.0 Å². The number of carbonyl (C=O) groups excluding carboxylic acids is 2. The molecule has 5 nitrogen and oxygen atoms in total. The quantitative estimate of drug-likeness (QED) is 0.475. The summed E-state index contributed by atoms with van der Waals surface area (Å²) in [6, 6.07) is 12.4. The predicted octanol–water partition coefficient (Wildman–Crippen LogP) is 4.37. The van der Waals surface area contributed by atoms with Crippen LogP contribution in [0.1, 0.15) is 59.5 Å². The molecule has 1 aliphatic heterocycles. The van der Waals surface area contributed by atoms with Gasteiger partial charge in [0.25, 0.3) is 0 Å². The smallest absolute Gasteiger partial charge is 0.337 e. The summed E-state index contributed by atoms with van der Waals surface area (Å²) in [7, 11) is 2.96. The normalized spacial score (nSPS) is 17.8. The number of ether oxygens (including phenoxy) is 2. The Bertz CT molecular complexity index is 984. The molecule has 0 atom stereocenters. The van der Waals surface area contributed by atoms with Crippen molar-refractivity contribution >= 4 is 17.4 Å². The molecule has 3 rings (SSSR count). The van der Waals surface area contributed by atoms with E-state index < -0.39 is 5.97 Å². The molecule has 0 saturated heterocycles. The van der Waals surface area contributed by atoms with Crippen LogP contribution in [0.5, 0.6) is 5.75 Å². The number of fused-ring (bicyclic) bond motifs is 1. The highest BCUT2D eigenvalue weighted by molar-refractivity contribution is 6.09. The minimum atomic E-state index is -0.429. The van der Waals surface area contributed by atoms with Crippen molar-refractivity contribution in [3.05, 3.63) is 70.8 Å². The first kappa shape index (κ1) is 20.6. The van der Waals surface area contributed by atoms with Gasteiger partial charge in [-0.25, -0.2) is 4.79 Å². The van der Waals surface area contributed by atoms with Gasteiger partial charge in [-0.15, -0.1) is 0 Å². The summed E-state index contributed by atoms with van der Waals surface area (Å²) in [5.74, 6) is 0.163. The zero-order chi connectivity index (χ0) is 21.4. The van der Waals surface area contributed by atoms with Gasteiger partial charge in [0.2, 0.25) is 0 Å². The lowest BCUT2D eigenvalue weighted by Gasteiger charge is -2.49. The van der Waals surface area contributed by atoms with Crippen molar-refractivity contribution in [2.75, 3.05) is 14.2 Å². The van der Waals surface area contributed by atoms with Crippen molar-refractivity contribution in [3.8, 4) is 5.75 Å². The van der Waals surface area contributed by atoms with Gasteiger partial charge < -0.3 is 14.8 Å². The molecule has 0 aliphatic carbocycles. The molecule has 1 aliphatic rings. The summed E-state index contributed by atoms with van der Waals surface area (Å²) in [6.45, 7) is 8.64. The Labute approximate surface area is 171 Å². The topological polar surface area (TPSA) is 64.6 Å². The molecule has 0 amide bonds. The molecule has 2 aromatic carbocycles. The third-order valence-electron chi connectivity index (χ3n) is 6.07. The van der Waals surface area contributed by atoms with E-state index in [-0.39, 0.29) is 16.7 Å². The first-order chi connectivity index (χ1) is 13.6. The summed E-state index contributed by atoms with van der Waals surface area (Å²) >= 11 is 0. The van der Waals surface area contributed by atoms with Gasteiger partial charge in [0, 0.05) is 33.9 Å². The van der Waals surface area contributed by atoms with Crippen LogP contribution in [0.15, 0.2) is 48.5 Å². The Morgan fingerprint density at radius 3 is 2.14 bits per heavy atom. The number of esters is 1. The summed E-state index contributed by atoms with van der Waals surface area (Å²) in [4.78, 5) is 24.5. The molecule has 29 heavy (non-hydrogen) atoms. The molecular formula is C24H27NO4. The monoisotopic (exact) mass is 393 g/mol. The molecule has 0 spiro atoms. The van der Waals surface area contributed by atoms with E-state index >= 15 is 0 Å². The Kier molecular flexibility index (Phi) is 5.26. The van der Waals surface area contributed by atoms with Crippen LogP contribution in [0, 0.1) is 0 Å². The maximum atomic E-state index is 12.9. The van der Waals surface area contributed by atoms with E-state index in [1.807, 2.05) is 12.1 Å². The largest absolute Gasteiger partial charge is 0.497 e. The molecule has 0 aromatic heterocycles. The third kappa shape index (κ3) is 3.65. The molecule has 0 fully saturated rings. The van der Waals surface area contributed by atoms with Crippen LogP contribution in [-0.2, 0) is 10.2 Å². The molecular weight excluding hydrogens is 366 g/mol. The number of benzene rings is 2. The van der Waals surface area contributed by atoms with E-state index in [4.69, 9.17) is 9.47 Å². The molecule has 0 unspecified atom stereocenters. The molecule has 1 N–H and O–H groups in total. The lowest BCUT2D eigenvalue weighted by Crippen LogP contribution is -2.56. The first-order valence-electron chi connectivity index (χ1n) is 9.52. The van der Waals surface area contributed by atoms with Gasteiger partial charge in [-0.05, 0) is 43.7 Å². The number of allylic oxidation sites excluding steroid dienone is 1. The Morgan fingerprint density at radius 1 is 0.931 bits per heavy atom. The number of ketones is 1. The van der Waals surface area contributed by atoms with Crippen LogP contribution in [0.3, 0.4) is 0 Å². The number of hydrogen-bond acceptors (Lipinski definition) is 5. The lowest BCUT2D eigenvalue weighted by atomic mass is 9.65. The van der Waals surface area contributed by atoms with Crippen LogP contribution >= 0.6 is 0 Å². The molecule has 0 radical (unpaired) electrons. The van der Waals surface area contributed by atoms with Gasteiger partial charge in [0.15, 0.2) is 5.78 Å². The lowest BCUT2D eigenvalue weighted by molar-refractivity contribution is 0.0600. The fourth-order valence-corrected chi connectivity index (χ4v) is 3.53. The number of rotatable bonds is 4. The van der Waals surface area contributed by atoms with Gasteiger partial charge in [0.1, 0.15) is 5.75 Å². The van der Waals surface area contributed by atoms with Gasteiger partial charge in [0.05, 0.1) is 19.8 Å². The highest BCUT2D eigenvalue weighted by Crippen LogP contribution is 2.44. The fourth-order valence-electron chi connectivity index (χ4n) is 3.53. The number of hydrogen-bond donors (Lipinski definition) is 1. The van der Waals surface area contributed by atoms with Gasteiger partial charge >= 0.3 is 5.97 Å². The van der Waals surface area contributed by atoms with Gasteiger partial charge in [-0.2, -0.15) is 0 Å². The summed E-state index contributed by atoms with van der Waals surface area (Å²) in [5, 5.41) is 3.54. The van der Waals surface area contributed by atoms with Crippen LogP contribution in [0.25, 0.3) is 5.70 Å². The fraction of sp³-hybridized carbons (Fsp3) is 0.333. The Balaban J connectivity index is 2.04. The van der Waals surface area contributed by atoms with Crippen LogP contribution in [0.4, 0.5) is 0 Å². The zero-order valence-electron chi connectivity index (χ0n) is 17.8. The number of nitrogens with one attached hydrogen (secondary N) is 1. The molecule has 2 aromatic rings. The van der Waals surface area contributed by atoms with E-state index in [1.165, 1.54) is 7.11 Å². The Morgan fingerprint density at radius 2 is 1.55 bits per heavy atom. The van der Waals surface area contributed by atoms with E-state index in [2.05, 4.69) is 39.1 Å². The SMILES string of the molecule is COC(=O)c1ccc(C(=O)/C=C2\NC(C)(C)C(C)(C)c3ccc(OC)cc32)cc1. The van der Waals surface area contributed by atoms with Crippen molar-refractivity contribution in [1.29, 1.82) is 0 Å². The van der Waals surface area contributed by atoms with Crippen molar-refractivity contribution < 1.29 is 19.1 Å². The maximum absolute atomic E-state index is 12.9. The average molecular weight is 393 g/mol. The van der Waals surface area contributed by atoms with E-state index in [9.17, 15) is 9.59 Å². The average Bonchev–Trinajstić information content (AvgIpc) is 2.71. The van der Waals surface area contributed by atoms with E-state index in [0.717, 1.165) is 22.6 Å². The Hall–Kier alpha value is -3.08. The zero-order valence-corrected chi connectivity index (χ0v) is 17.8. The molecule has 1 heterocycles. The summed E-state index contributed by atoms with van der Waals surface area (Å²) < 4.78 is 10.1. The maximum Gasteiger partial charge on any atom is 0.337 e. The van der Waals surface area contributed by atoms with Crippen LogP contribution < -0.4 is 10.1 Å². The number of methoxy groups -OCH3 is 2. The first-order valence-corrected chi connectivity index (χ1v) is 9.52. The van der Waals surface area contributed by atoms with Crippen molar-refractivity contribution in [2.24, 2.45) is 0 Å². The van der Waals surface area contributed by atoms with Crippen molar-refractivity contribution in [1.82, 2.24) is 5.32 Å². The highest BCUT2D eigenvalue weighted by atomic mass is 16.5. The van der Waals surface area contributed by atoms with Crippen molar-refractivity contribution in [2.45, 2.75) is 38.6 Å². The second-order valence-electron chi connectivity index (χ2n) is 8.28. The second-order valence-corrected chi connectivity index (χ2v) is 8.28. The molecule has 152 valence electrons. The minimum Gasteiger partial charge on any atom is -0.497 e. The highest BCUT2D eigenvalue weighted by Gasteiger charge is 2.44. The standard InChI is InChI=1S/C24H27NO4/c1-23(2)19-12-11-17(28-5)13-18(19)20(25-24(23,3)4)14-21(26)15-7-9-16(10-8-15)22(27)29-6/h7-14,25H,1-6H3/b20-14-. The van der Waals surface area contributed by atoms with Crippen molar-refractivity contribution in [3.63, 3.8) is 0 Å². The van der Waals surface area contributed by atoms with Gasteiger partial charge in [-0.3, -0.25) is 4.79 Å². The van der Waals surface area contributed by atoms with E-state index in [0.29, 0.717) is 11.1 Å². The second kappa shape index (κ2) is 7.39. The molecule has 0 saturated carbocycles. The van der Waals surface area contributed by atoms with Crippen LogP contribution in [0.2, 0.25) is 0 Å². The predicted molar refractivity (Wildman–Crippen MR) is 113 cm³/mol. The number of carbonyl (C=O) groups is 2. The summed E-state index contributed by atoms with van der Waals surface area (Å²) in [6.07, 6.45) is 1.61. The molecule has 0 bridgehead atoms. The molecule has 5 heteroatoms. The van der Waals surface area contributed by atoms with E-state index in [1.54, 1.807) is 37.5 Å². The summed E-state index contributed by atoms with van der Waals surface area (Å²) in [5.41, 5.74) is 3.34. The van der Waals surface area contributed by atoms with Crippen LogP contribution in [-0.4, -0.2) is 31.5 Å². The minimum absolute atomic E-state index is 0.145.